The first-order valence-corrected chi connectivity index (χ1v) is 6.81. The van der Waals surface area contributed by atoms with E-state index in [1.807, 2.05) is 25.1 Å². The second-order valence-electron chi connectivity index (χ2n) is 5.07. The van der Waals surface area contributed by atoms with E-state index < -0.39 is 0 Å². The lowest BCUT2D eigenvalue weighted by Crippen LogP contribution is -2.44. The molecule has 100 valence electrons. The summed E-state index contributed by atoms with van der Waals surface area (Å²) < 4.78 is 5.55. The van der Waals surface area contributed by atoms with Crippen LogP contribution in [0.25, 0.3) is 0 Å². The Labute approximate surface area is 109 Å². The third-order valence-corrected chi connectivity index (χ3v) is 3.67. The molecule has 0 amide bonds. The van der Waals surface area contributed by atoms with Crippen LogP contribution in [0.5, 0.6) is 5.75 Å². The largest absolute Gasteiger partial charge is 0.507 e. The van der Waals surface area contributed by atoms with E-state index in [4.69, 9.17) is 4.74 Å². The van der Waals surface area contributed by atoms with Gasteiger partial charge in [-0.2, -0.15) is 0 Å². The van der Waals surface area contributed by atoms with E-state index in [1.54, 1.807) is 0 Å². The molecule has 3 heteroatoms. The van der Waals surface area contributed by atoms with Crippen molar-refractivity contribution >= 4 is 0 Å². The fraction of sp³-hybridized carbons (Fsp3) is 0.600. The molecule has 1 heterocycles. The molecule has 0 spiro atoms. The van der Waals surface area contributed by atoms with E-state index in [2.05, 4.69) is 11.8 Å². The molecule has 0 aromatic heterocycles. The molecule has 1 aliphatic rings. The number of aromatic hydroxyl groups is 1. The molecule has 1 aromatic carbocycles. The van der Waals surface area contributed by atoms with Crippen molar-refractivity contribution in [1.82, 2.24) is 4.90 Å². The number of phenolic OH excluding ortho intramolecular Hbond substituents is 1. The molecule has 1 fully saturated rings. The van der Waals surface area contributed by atoms with Crippen LogP contribution in [0.4, 0.5) is 0 Å². The van der Waals surface area contributed by atoms with Crippen molar-refractivity contribution in [3.05, 3.63) is 29.3 Å². The van der Waals surface area contributed by atoms with Crippen molar-refractivity contribution in [1.29, 1.82) is 0 Å². The summed E-state index contributed by atoms with van der Waals surface area (Å²) in [4.78, 5) is 2.43. The summed E-state index contributed by atoms with van der Waals surface area (Å²) in [5, 5.41) is 10.1. The maximum absolute atomic E-state index is 10.1. The van der Waals surface area contributed by atoms with Crippen LogP contribution < -0.4 is 0 Å². The van der Waals surface area contributed by atoms with E-state index in [0.717, 1.165) is 43.9 Å². The minimum absolute atomic E-state index is 0.444. The molecule has 0 unspecified atom stereocenters. The Bertz CT molecular complexity index is 390. The Hall–Kier alpha value is -1.06. The van der Waals surface area contributed by atoms with Crippen LogP contribution in [0.1, 0.15) is 30.9 Å². The van der Waals surface area contributed by atoms with Crippen molar-refractivity contribution in [2.75, 3.05) is 19.8 Å². The maximum atomic E-state index is 10.1. The van der Waals surface area contributed by atoms with Crippen LogP contribution in [0.2, 0.25) is 0 Å². The third-order valence-electron chi connectivity index (χ3n) is 3.67. The van der Waals surface area contributed by atoms with Gasteiger partial charge in [-0.05, 0) is 18.9 Å². The molecule has 1 atom stereocenters. The van der Waals surface area contributed by atoms with Gasteiger partial charge in [0.15, 0.2) is 0 Å². The Kier molecular flexibility index (Phi) is 4.61. The number of hydrogen-bond donors (Lipinski definition) is 1. The highest BCUT2D eigenvalue weighted by atomic mass is 16.5. The van der Waals surface area contributed by atoms with Gasteiger partial charge in [-0.25, -0.2) is 0 Å². The predicted molar refractivity (Wildman–Crippen MR) is 72.8 cm³/mol. The standard InChI is InChI=1S/C15H23NO2/c1-3-5-14-11-18-9-8-16(14)10-13-7-4-6-12(2)15(13)17/h4,6-7,14,17H,3,5,8-11H2,1-2H3/t14-/m0/s1. The molecule has 2 rings (SSSR count). The Morgan fingerprint density at radius 3 is 3.06 bits per heavy atom. The van der Waals surface area contributed by atoms with Gasteiger partial charge in [0, 0.05) is 24.7 Å². The van der Waals surface area contributed by atoms with Crippen molar-refractivity contribution in [3.63, 3.8) is 0 Å². The average Bonchev–Trinajstić information content (AvgIpc) is 2.37. The predicted octanol–water partition coefficient (Wildman–Crippen LogP) is 2.70. The lowest BCUT2D eigenvalue weighted by atomic mass is 10.1. The van der Waals surface area contributed by atoms with Gasteiger partial charge >= 0.3 is 0 Å². The lowest BCUT2D eigenvalue weighted by molar-refractivity contribution is -0.0149. The topological polar surface area (TPSA) is 32.7 Å². The van der Waals surface area contributed by atoms with Crippen LogP contribution in [0.3, 0.4) is 0 Å². The summed E-state index contributed by atoms with van der Waals surface area (Å²) in [6, 6.07) is 6.46. The van der Waals surface area contributed by atoms with Crippen LogP contribution in [0, 0.1) is 6.92 Å². The monoisotopic (exact) mass is 249 g/mol. The smallest absolute Gasteiger partial charge is 0.122 e. The van der Waals surface area contributed by atoms with E-state index in [9.17, 15) is 5.11 Å². The van der Waals surface area contributed by atoms with Crippen molar-refractivity contribution in [2.24, 2.45) is 0 Å². The van der Waals surface area contributed by atoms with Gasteiger partial charge in [-0.15, -0.1) is 0 Å². The molecule has 1 saturated heterocycles. The molecule has 1 aliphatic heterocycles. The van der Waals surface area contributed by atoms with Crippen LogP contribution >= 0.6 is 0 Å². The normalized spacial score (nSPS) is 21.1. The Morgan fingerprint density at radius 2 is 2.28 bits per heavy atom. The van der Waals surface area contributed by atoms with E-state index in [-0.39, 0.29) is 0 Å². The van der Waals surface area contributed by atoms with Gasteiger partial charge in [0.1, 0.15) is 5.75 Å². The van der Waals surface area contributed by atoms with Gasteiger partial charge in [-0.3, -0.25) is 4.90 Å². The van der Waals surface area contributed by atoms with Gasteiger partial charge in [-0.1, -0.05) is 31.5 Å². The minimum atomic E-state index is 0.444. The molecule has 0 bridgehead atoms. The second kappa shape index (κ2) is 6.21. The quantitative estimate of drug-likeness (QED) is 0.890. The first-order valence-electron chi connectivity index (χ1n) is 6.81. The molecule has 3 nitrogen and oxygen atoms in total. The van der Waals surface area contributed by atoms with Gasteiger partial charge < -0.3 is 9.84 Å². The number of aryl methyl sites for hydroxylation is 1. The van der Waals surface area contributed by atoms with Crippen LogP contribution in [-0.4, -0.2) is 35.8 Å². The molecule has 18 heavy (non-hydrogen) atoms. The van der Waals surface area contributed by atoms with Gasteiger partial charge in [0.25, 0.3) is 0 Å². The number of morpholine rings is 1. The highest BCUT2D eigenvalue weighted by Crippen LogP contribution is 2.25. The van der Waals surface area contributed by atoms with E-state index in [1.165, 1.54) is 6.42 Å². The molecule has 1 aromatic rings. The molecule has 0 radical (unpaired) electrons. The lowest BCUT2D eigenvalue weighted by Gasteiger charge is -2.35. The van der Waals surface area contributed by atoms with Gasteiger partial charge in [0.05, 0.1) is 13.2 Å². The zero-order valence-electron chi connectivity index (χ0n) is 11.4. The zero-order chi connectivity index (χ0) is 13.0. The number of hydrogen-bond acceptors (Lipinski definition) is 3. The van der Waals surface area contributed by atoms with Crippen LogP contribution in [-0.2, 0) is 11.3 Å². The summed E-state index contributed by atoms with van der Waals surface area (Å²) in [6.45, 7) is 7.55. The van der Waals surface area contributed by atoms with Crippen molar-refractivity contribution in [3.8, 4) is 5.75 Å². The highest BCUT2D eigenvalue weighted by Gasteiger charge is 2.23. The van der Waals surface area contributed by atoms with Crippen LogP contribution in [0.15, 0.2) is 18.2 Å². The second-order valence-corrected chi connectivity index (χ2v) is 5.07. The number of para-hydroxylation sites is 1. The highest BCUT2D eigenvalue weighted by molar-refractivity contribution is 5.39. The summed E-state index contributed by atoms with van der Waals surface area (Å²) in [7, 11) is 0. The molecular weight excluding hydrogens is 226 g/mol. The van der Waals surface area contributed by atoms with E-state index >= 15 is 0 Å². The molecular formula is C15H23NO2. The van der Waals surface area contributed by atoms with Crippen molar-refractivity contribution < 1.29 is 9.84 Å². The number of benzene rings is 1. The van der Waals surface area contributed by atoms with E-state index in [0.29, 0.717) is 11.8 Å². The molecule has 0 aliphatic carbocycles. The molecule has 0 saturated carbocycles. The third kappa shape index (κ3) is 3.03. The summed E-state index contributed by atoms with van der Waals surface area (Å²) in [6.07, 6.45) is 2.33. The van der Waals surface area contributed by atoms with Gasteiger partial charge in [0.2, 0.25) is 0 Å². The number of rotatable bonds is 4. The minimum Gasteiger partial charge on any atom is -0.507 e. The first kappa shape index (κ1) is 13.4. The number of nitrogens with zero attached hydrogens (tertiary/aromatic N) is 1. The number of phenols is 1. The Balaban J connectivity index is 2.08. The fourth-order valence-corrected chi connectivity index (χ4v) is 2.56. The zero-order valence-corrected chi connectivity index (χ0v) is 11.4. The molecule has 1 N–H and O–H groups in total. The summed E-state index contributed by atoms with van der Waals surface area (Å²) in [5.74, 6) is 0.444. The first-order chi connectivity index (χ1) is 8.72. The SMILES string of the molecule is CCC[C@H]1COCCN1Cc1cccc(C)c1O. The fourth-order valence-electron chi connectivity index (χ4n) is 2.56. The van der Waals surface area contributed by atoms with Crippen molar-refractivity contribution in [2.45, 2.75) is 39.3 Å². The average molecular weight is 249 g/mol. The summed E-state index contributed by atoms with van der Waals surface area (Å²) in [5.41, 5.74) is 1.98. The summed E-state index contributed by atoms with van der Waals surface area (Å²) >= 11 is 0. The Morgan fingerprint density at radius 1 is 1.44 bits per heavy atom. The maximum Gasteiger partial charge on any atom is 0.122 e. The number of ether oxygens (including phenoxy) is 1.